The molecule has 2 N–H and O–H groups in total. The van der Waals surface area contributed by atoms with E-state index in [-0.39, 0.29) is 5.91 Å². The molecule has 0 aliphatic rings. The Morgan fingerprint density at radius 2 is 2.09 bits per heavy atom. The standard InChI is InChI=1S/C7H16N2OS/c1-9(2)4-6-11-5-3-7(8)10/h3-6H2,1-2H3,(H2,8,10). The van der Waals surface area contributed by atoms with Crippen LogP contribution in [-0.4, -0.2) is 43.0 Å². The van der Waals surface area contributed by atoms with Gasteiger partial charge in [0.15, 0.2) is 0 Å². The van der Waals surface area contributed by atoms with Crippen LogP contribution in [0.25, 0.3) is 0 Å². The van der Waals surface area contributed by atoms with Crippen molar-refractivity contribution in [2.45, 2.75) is 6.42 Å². The first-order valence-corrected chi connectivity index (χ1v) is 4.79. The van der Waals surface area contributed by atoms with Crippen molar-refractivity contribution in [1.29, 1.82) is 0 Å². The van der Waals surface area contributed by atoms with Gasteiger partial charge >= 0.3 is 0 Å². The molecule has 0 heterocycles. The maximum atomic E-state index is 10.3. The van der Waals surface area contributed by atoms with E-state index in [2.05, 4.69) is 4.90 Å². The second-order valence-corrected chi connectivity index (χ2v) is 3.86. The maximum Gasteiger partial charge on any atom is 0.218 e. The van der Waals surface area contributed by atoms with Crippen LogP contribution in [0.3, 0.4) is 0 Å². The Morgan fingerprint density at radius 1 is 1.45 bits per heavy atom. The van der Waals surface area contributed by atoms with E-state index >= 15 is 0 Å². The zero-order chi connectivity index (χ0) is 8.69. The summed E-state index contributed by atoms with van der Waals surface area (Å²) in [4.78, 5) is 12.4. The van der Waals surface area contributed by atoms with Gasteiger partial charge in [-0.05, 0) is 14.1 Å². The molecule has 0 aromatic rings. The molecule has 0 unspecified atom stereocenters. The van der Waals surface area contributed by atoms with Gasteiger partial charge in [0.1, 0.15) is 0 Å². The van der Waals surface area contributed by atoms with Gasteiger partial charge in [-0.15, -0.1) is 0 Å². The van der Waals surface area contributed by atoms with Crippen molar-refractivity contribution in [2.75, 3.05) is 32.1 Å². The molecule has 0 saturated heterocycles. The van der Waals surface area contributed by atoms with E-state index < -0.39 is 0 Å². The van der Waals surface area contributed by atoms with Crippen LogP contribution in [0.2, 0.25) is 0 Å². The predicted molar refractivity (Wildman–Crippen MR) is 49.7 cm³/mol. The minimum Gasteiger partial charge on any atom is -0.370 e. The largest absolute Gasteiger partial charge is 0.370 e. The Morgan fingerprint density at radius 3 is 2.55 bits per heavy atom. The van der Waals surface area contributed by atoms with Gasteiger partial charge < -0.3 is 10.6 Å². The van der Waals surface area contributed by atoms with Crippen molar-refractivity contribution < 1.29 is 4.79 Å². The van der Waals surface area contributed by atoms with Crippen molar-refractivity contribution in [1.82, 2.24) is 4.90 Å². The highest BCUT2D eigenvalue weighted by Crippen LogP contribution is 2.01. The molecule has 0 aliphatic heterocycles. The van der Waals surface area contributed by atoms with E-state index in [0.717, 1.165) is 18.1 Å². The summed E-state index contributed by atoms with van der Waals surface area (Å²) in [5, 5.41) is 0. The lowest BCUT2D eigenvalue weighted by Crippen LogP contribution is -2.16. The Balaban J connectivity index is 2.97. The average Bonchev–Trinajstić information content (AvgIpc) is 1.85. The van der Waals surface area contributed by atoms with E-state index in [4.69, 9.17) is 5.73 Å². The van der Waals surface area contributed by atoms with Gasteiger partial charge in [-0.25, -0.2) is 0 Å². The molecule has 4 heteroatoms. The van der Waals surface area contributed by atoms with Crippen LogP contribution >= 0.6 is 11.8 Å². The number of thioether (sulfide) groups is 1. The number of nitrogens with two attached hydrogens (primary N) is 1. The van der Waals surface area contributed by atoms with E-state index in [0.29, 0.717) is 6.42 Å². The van der Waals surface area contributed by atoms with Gasteiger partial charge in [-0.1, -0.05) is 0 Å². The van der Waals surface area contributed by atoms with Crippen molar-refractivity contribution in [3.63, 3.8) is 0 Å². The molecule has 0 bridgehead atoms. The predicted octanol–water partition coefficient (Wildman–Crippen LogP) is 0.157. The summed E-state index contributed by atoms with van der Waals surface area (Å²) in [6.07, 6.45) is 0.498. The first-order valence-electron chi connectivity index (χ1n) is 3.63. The molecule has 0 saturated carbocycles. The molecule has 0 rings (SSSR count). The minimum absolute atomic E-state index is 0.206. The summed E-state index contributed by atoms with van der Waals surface area (Å²) in [6, 6.07) is 0. The van der Waals surface area contributed by atoms with Crippen LogP contribution < -0.4 is 5.73 Å². The smallest absolute Gasteiger partial charge is 0.218 e. The number of primary amides is 1. The number of rotatable bonds is 6. The molecular weight excluding hydrogens is 160 g/mol. The number of nitrogens with zero attached hydrogens (tertiary/aromatic N) is 1. The Labute approximate surface area is 72.3 Å². The average molecular weight is 176 g/mol. The third-order valence-electron chi connectivity index (χ3n) is 1.18. The highest BCUT2D eigenvalue weighted by atomic mass is 32.2. The molecule has 0 aromatic carbocycles. The monoisotopic (exact) mass is 176 g/mol. The van der Waals surface area contributed by atoms with E-state index in [9.17, 15) is 4.79 Å². The molecule has 66 valence electrons. The molecule has 1 amide bonds. The van der Waals surface area contributed by atoms with Gasteiger partial charge in [-0.2, -0.15) is 11.8 Å². The molecule has 0 fully saturated rings. The lowest BCUT2D eigenvalue weighted by atomic mass is 10.5. The van der Waals surface area contributed by atoms with Gasteiger partial charge in [0.25, 0.3) is 0 Å². The Bertz CT molecular complexity index is 117. The fourth-order valence-electron chi connectivity index (χ4n) is 0.522. The molecule has 11 heavy (non-hydrogen) atoms. The second kappa shape index (κ2) is 6.49. The first kappa shape index (κ1) is 10.8. The minimum atomic E-state index is -0.206. The van der Waals surface area contributed by atoms with Gasteiger partial charge in [0.05, 0.1) is 0 Å². The lowest BCUT2D eigenvalue weighted by molar-refractivity contribution is -0.117. The number of carbonyl (C=O) groups is 1. The van der Waals surface area contributed by atoms with Crippen molar-refractivity contribution in [2.24, 2.45) is 5.73 Å². The summed E-state index contributed by atoms with van der Waals surface area (Å²) in [5.74, 6) is 1.71. The number of hydrogen-bond donors (Lipinski definition) is 1. The molecule has 0 aromatic heterocycles. The second-order valence-electron chi connectivity index (χ2n) is 2.63. The topological polar surface area (TPSA) is 46.3 Å². The quantitative estimate of drug-likeness (QED) is 0.586. The zero-order valence-electron chi connectivity index (χ0n) is 7.17. The van der Waals surface area contributed by atoms with Crippen molar-refractivity contribution >= 4 is 17.7 Å². The van der Waals surface area contributed by atoms with Crippen LogP contribution in [-0.2, 0) is 4.79 Å². The Kier molecular flexibility index (Phi) is 6.36. The van der Waals surface area contributed by atoms with Crippen LogP contribution in [0.5, 0.6) is 0 Å². The fraction of sp³-hybridized carbons (Fsp3) is 0.857. The highest BCUT2D eigenvalue weighted by Gasteiger charge is 1.94. The van der Waals surface area contributed by atoms with Crippen LogP contribution in [0, 0.1) is 0 Å². The summed E-state index contributed by atoms with van der Waals surface area (Å²) >= 11 is 1.77. The molecule has 0 aliphatic carbocycles. The molecule has 3 nitrogen and oxygen atoms in total. The zero-order valence-corrected chi connectivity index (χ0v) is 7.99. The molecule has 0 radical (unpaired) electrons. The van der Waals surface area contributed by atoms with Gasteiger partial charge in [0.2, 0.25) is 5.91 Å². The molecular formula is C7H16N2OS. The van der Waals surface area contributed by atoms with Crippen LogP contribution in [0.4, 0.5) is 0 Å². The normalized spacial score (nSPS) is 10.5. The summed E-state index contributed by atoms with van der Waals surface area (Å²) in [5.41, 5.74) is 4.97. The molecule has 0 atom stereocenters. The van der Waals surface area contributed by atoms with Crippen LogP contribution in [0.15, 0.2) is 0 Å². The van der Waals surface area contributed by atoms with E-state index in [1.807, 2.05) is 14.1 Å². The van der Waals surface area contributed by atoms with Crippen molar-refractivity contribution in [3.05, 3.63) is 0 Å². The third-order valence-corrected chi connectivity index (χ3v) is 2.14. The van der Waals surface area contributed by atoms with Crippen molar-refractivity contribution in [3.8, 4) is 0 Å². The lowest BCUT2D eigenvalue weighted by Gasteiger charge is -2.07. The third kappa shape index (κ3) is 9.78. The van der Waals surface area contributed by atoms with Crippen LogP contribution in [0.1, 0.15) is 6.42 Å². The number of carbonyl (C=O) groups excluding carboxylic acids is 1. The van der Waals surface area contributed by atoms with Gasteiger partial charge in [0, 0.05) is 24.5 Å². The summed E-state index contributed by atoms with van der Waals surface area (Å²) in [7, 11) is 4.07. The summed E-state index contributed by atoms with van der Waals surface area (Å²) in [6.45, 7) is 1.06. The number of hydrogen-bond acceptors (Lipinski definition) is 3. The Hall–Kier alpha value is -0.220. The van der Waals surface area contributed by atoms with E-state index in [1.165, 1.54) is 0 Å². The summed E-state index contributed by atoms with van der Waals surface area (Å²) < 4.78 is 0. The van der Waals surface area contributed by atoms with Gasteiger partial charge in [-0.3, -0.25) is 4.79 Å². The molecule has 0 spiro atoms. The first-order chi connectivity index (χ1) is 5.13. The SMILES string of the molecule is CN(C)CCSCCC(N)=O. The fourth-order valence-corrected chi connectivity index (χ4v) is 1.57. The van der Waals surface area contributed by atoms with E-state index in [1.54, 1.807) is 11.8 Å². The highest BCUT2D eigenvalue weighted by molar-refractivity contribution is 7.99. The number of amides is 1. The maximum absolute atomic E-state index is 10.3.